The lowest BCUT2D eigenvalue weighted by Crippen LogP contribution is -2.02. The van der Waals surface area contributed by atoms with Gasteiger partial charge in [-0.25, -0.2) is 0 Å². The number of ether oxygens (including phenoxy) is 5. The lowest BCUT2D eigenvalue weighted by atomic mass is 10.1. The highest BCUT2D eigenvalue weighted by Crippen LogP contribution is 2.40. The summed E-state index contributed by atoms with van der Waals surface area (Å²) < 4.78 is 29.5. The van der Waals surface area contributed by atoms with E-state index in [-0.39, 0.29) is 90.3 Å². The molecule has 6 heteroatoms. The maximum absolute atomic E-state index is 9.80. The van der Waals surface area contributed by atoms with Crippen LogP contribution in [0.25, 0.3) is 0 Å². The van der Waals surface area contributed by atoms with Crippen LogP contribution >= 0.6 is 0 Å². The van der Waals surface area contributed by atoms with Crippen LogP contribution in [-0.4, -0.2) is 12.2 Å². The lowest BCUT2D eigenvalue weighted by molar-refractivity contribution is 0.257. The fraction of sp³-hybridized carbons (Fsp3) is 0.0769. The Morgan fingerprint density at radius 1 is 0.600 bits per heavy atom. The maximum atomic E-state index is 9.80. The van der Waals surface area contributed by atoms with E-state index in [0.717, 1.165) is 5.56 Å². The van der Waals surface area contributed by atoms with Gasteiger partial charge in [0, 0.05) is 88.7 Å². The van der Waals surface area contributed by atoms with Crippen molar-refractivity contribution >= 4 is 0 Å². The number of rotatable bonds is 20. The molecule has 2 aromatic rings. The van der Waals surface area contributed by atoms with Crippen molar-refractivity contribution in [2.45, 2.75) is 13.2 Å². The summed E-state index contributed by atoms with van der Waals surface area (Å²) in [6, 6.07) is 8.85. The van der Waals surface area contributed by atoms with Crippen LogP contribution in [0.1, 0.15) is 88.2 Å². The van der Waals surface area contributed by atoms with Gasteiger partial charge in [0.1, 0.15) is 18.1 Å². The molecule has 45 heavy (non-hydrogen) atoms. The Balaban J connectivity index is -0.00000000768. The summed E-state index contributed by atoms with van der Waals surface area (Å²) in [4.78, 5) is 0. The number of aliphatic hydroxyl groups is 1. The number of methoxy groups -OCH3 is 1. The van der Waals surface area contributed by atoms with E-state index in [2.05, 4.69) is 19.7 Å². The first-order valence-electron chi connectivity index (χ1n) is 14.1. The van der Waals surface area contributed by atoms with Crippen molar-refractivity contribution in [3.05, 3.63) is 189 Å². The Morgan fingerprint density at radius 3 is 1.53 bits per heavy atom. The third-order valence-electron chi connectivity index (χ3n) is 5.47. The molecule has 2 rings (SSSR count). The second kappa shape index (κ2) is 22.8. The molecule has 0 aromatic heterocycles. The SMILES string of the molecule is C=C/C=C/C=C/C=C/Oc1cc(COc2cc(OC)ccc2CO)cc(O/C=C/C=C/C=C/C=C)c1O/C=C/C=C/C=C/C=C.[HH].[HH].[HH].[HH].[HH].[HH].[HH].[HH].[HH].[HH].[HH].[HH].[HH].[HH].[HH].[HH].[HH].[HH].[HH].[HH].[HH].[HH].[HH].[HH].[HH].[HH].[HH].[HH].[HH].[HH].[HH].[HH].[HH].[HH].[HH].[HH].[HH].[HH].[HH].[HH].[HH].[HH].[HH].[HH].[HH].[HH].[HH].[HH].[HH].[HH].[HH].[HH].[HH].[HH]. The molecule has 0 saturated heterocycles. The molecular weight excluding hydrogens is 564 g/mol. The van der Waals surface area contributed by atoms with Crippen LogP contribution in [-0.2, 0) is 13.2 Å². The summed E-state index contributed by atoms with van der Waals surface area (Å²) in [7, 11) is 1.57. The van der Waals surface area contributed by atoms with Crippen LogP contribution in [0.5, 0.6) is 28.7 Å². The zero-order chi connectivity index (χ0) is 32.4. The predicted octanol–water partition coefficient (Wildman–Crippen LogP) is 22.6. The van der Waals surface area contributed by atoms with Gasteiger partial charge in [-0.2, -0.15) is 0 Å². The Morgan fingerprint density at radius 2 is 1.07 bits per heavy atom. The molecule has 340 valence electrons. The molecule has 1 N–H and O–H groups in total. The quantitative estimate of drug-likeness (QED) is 0.109. The monoisotopic (exact) mass is 713 g/mol. The molecule has 0 spiro atoms. The summed E-state index contributed by atoms with van der Waals surface area (Å²) in [5.74, 6) is 2.24. The summed E-state index contributed by atoms with van der Waals surface area (Å²) in [5, 5.41) is 9.80. The molecule has 0 atom stereocenters. The average molecular weight is 714 g/mol. The zero-order valence-corrected chi connectivity index (χ0v) is 25.5. The standard InChI is InChI=1S/C39H40O6.54H2/c1-5-8-11-14-17-20-25-42-37-28-33(32-45-36-30-35(41-4)24-23-34(36)31-40)29-38(43-26-21-18-15-12-9-6-2)39(37)44-27-22-19-16-13-10-7-3;;;;;;;;;;;;;;;;;;;;;;;;;;;;;;;;;;;;;;;;;;;;;;;;;;;;;;/h5-30,40H,1-3,31-32H2,4H3;54*1H/b11-8+,12-9+,13-10+,17-14+,18-15+,19-16+,25-20+,26-21+,27-22+;;;;;;;;;;;;;;;;;;;;;;;;;;;;;;;;;;;;;;;;;;;;;;;;;;;;;;. The highest BCUT2D eigenvalue weighted by Gasteiger charge is 2.16. The normalized spacial score (nSPS) is 12.3. The van der Waals surface area contributed by atoms with Gasteiger partial charge in [0.2, 0.25) is 5.75 Å². The van der Waals surface area contributed by atoms with E-state index in [1.54, 1.807) is 73.9 Å². The molecule has 0 aliphatic heterocycles. The van der Waals surface area contributed by atoms with E-state index in [1.165, 1.54) is 18.8 Å². The molecule has 0 radical (unpaired) electrons. The van der Waals surface area contributed by atoms with Gasteiger partial charge in [-0.1, -0.05) is 111 Å². The molecule has 2 aromatic carbocycles. The lowest BCUT2D eigenvalue weighted by Gasteiger charge is -2.16. The van der Waals surface area contributed by atoms with Gasteiger partial charge < -0.3 is 28.8 Å². The fourth-order valence-electron chi connectivity index (χ4n) is 3.38. The van der Waals surface area contributed by atoms with E-state index >= 15 is 0 Å². The highest BCUT2D eigenvalue weighted by atomic mass is 16.5. The molecule has 0 saturated carbocycles. The second-order valence-corrected chi connectivity index (χ2v) is 8.70. The van der Waals surface area contributed by atoms with E-state index in [4.69, 9.17) is 23.7 Å². The summed E-state index contributed by atoms with van der Waals surface area (Å²) in [6.45, 7) is 10.9. The van der Waals surface area contributed by atoms with Crippen molar-refractivity contribution in [2.75, 3.05) is 7.11 Å². The smallest absolute Gasteiger partial charge is 0.211 e. The van der Waals surface area contributed by atoms with Crippen LogP contribution in [0.2, 0.25) is 0 Å². The number of hydrogen-bond acceptors (Lipinski definition) is 6. The number of allylic oxidation sites excluding steroid dienone is 18. The van der Waals surface area contributed by atoms with Gasteiger partial charge in [-0.3, -0.25) is 0 Å². The van der Waals surface area contributed by atoms with E-state index in [9.17, 15) is 5.11 Å². The summed E-state index contributed by atoms with van der Waals surface area (Å²) in [6.07, 6.45) is 36.9. The second-order valence-electron chi connectivity index (χ2n) is 8.70. The third-order valence-corrected chi connectivity index (χ3v) is 5.47. The minimum absolute atomic E-state index is 0. The Kier molecular flexibility index (Phi) is 18.0. The summed E-state index contributed by atoms with van der Waals surface area (Å²) in [5.41, 5.74) is 1.36. The summed E-state index contributed by atoms with van der Waals surface area (Å²) >= 11 is 0. The fourth-order valence-corrected chi connectivity index (χ4v) is 3.38. The first-order valence-corrected chi connectivity index (χ1v) is 14.1. The number of aliphatic hydroxyl groups excluding tert-OH is 1. The van der Waals surface area contributed by atoms with Crippen LogP contribution in [0, 0.1) is 0 Å². The molecule has 0 bridgehead atoms. The van der Waals surface area contributed by atoms with Crippen LogP contribution < -0.4 is 23.7 Å². The maximum Gasteiger partial charge on any atom is 0.211 e. The Hall–Kier alpha value is -5.72. The van der Waals surface area contributed by atoms with Gasteiger partial charge in [0.05, 0.1) is 32.5 Å². The predicted molar refractivity (Wildman–Crippen MR) is 299 cm³/mol. The number of benzene rings is 2. The largest absolute Gasteiger partial charge is 0.497 e. The van der Waals surface area contributed by atoms with Gasteiger partial charge in [-0.15, -0.1) is 0 Å². The highest BCUT2D eigenvalue weighted by molar-refractivity contribution is 5.55. The van der Waals surface area contributed by atoms with Crippen molar-refractivity contribution in [1.29, 1.82) is 0 Å². The van der Waals surface area contributed by atoms with Crippen LogP contribution in [0.3, 0.4) is 0 Å². The molecule has 0 aliphatic carbocycles. The molecular formula is C39H148O6. The molecule has 0 amide bonds. The van der Waals surface area contributed by atoms with Gasteiger partial charge in [0.15, 0.2) is 11.5 Å². The molecule has 0 unspecified atom stereocenters. The van der Waals surface area contributed by atoms with Crippen molar-refractivity contribution in [1.82, 2.24) is 0 Å². The minimum atomic E-state index is -0.181. The van der Waals surface area contributed by atoms with Crippen molar-refractivity contribution in [3.63, 3.8) is 0 Å². The van der Waals surface area contributed by atoms with Gasteiger partial charge in [0.25, 0.3) is 0 Å². The van der Waals surface area contributed by atoms with Gasteiger partial charge >= 0.3 is 0 Å². The van der Waals surface area contributed by atoms with Crippen molar-refractivity contribution in [3.8, 4) is 28.7 Å². The zero-order valence-electron chi connectivity index (χ0n) is 25.5. The molecule has 0 heterocycles. The molecule has 6 nitrogen and oxygen atoms in total. The Labute approximate surface area is 347 Å². The molecule has 0 aliphatic rings. The van der Waals surface area contributed by atoms with Crippen molar-refractivity contribution in [2.24, 2.45) is 0 Å². The van der Waals surface area contributed by atoms with E-state index < -0.39 is 0 Å². The van der Waals surface area contributed by atoms with E-state index in [0.29, 0.717) is 34.3 Å². The van der Waals surface area contributed by atoms with Crippen LogP contribution in [0.15, 0.2) is 178 Å². The first kappa shape index (κ1) is 35.5. The third kappa shape index (κ3) is 14.3. The minimum Gasteiger partial charge on any atom is -0.497 e. The van der Waals surface area contributed by atoms with E-state index in [1.807, 2.05) is 72.9 Å². The van der Waals surface area contributed by atoms with Crippen molar-refractivity contribution < 1.29 is 106 Å². The molecule has 0 fully saturated rings. The van der Waals surface area contributed by atoms with Crippen LogP contribution in [0.4, 0.5) is 0 Å². The first-order chi connectivity index (χ1) is 22.2. The Bertz CT molecular complexity index is 1530. The average Bonchev–Trinajstić information content (AvgIpc) is 3.06. The number of hydrogen-bond donors (Lipinski definition) is 1. The topological polar surface area (TPSA) is 66.4 Å². The van der Waals surface area contributed by atoms with Gasteiger partial charge in [-0.05, 0) is 48.1 Å².